The van der Waals surface area contributed by atoms with Crippen LogP contribution in [0.25, 0.3) is 88.4 Å². The Bertz CT molecular complexity index is 3110. The van der Waals surface area contributed by atoms with Gasteiger partial charge < -0.3 is 9.13 Å². The Hall–Kier alpha value is -6.90. The van der Waals surface area contributed by atoms with Crippen LogP contribution >= 0.6 is 0 Å². The molecule has 0 bridgehead atoms. The van der Waals surface area contributed by atoms with Gasteiger partial charge in [0.15, 0.2) is 0 Å². The van der Waals surface area contributed by atoms with Gasteiger partial charge in [0, 0.05) is 32.9 Å². The third kappa shape index (κ3) is 5.40. The molecule has 0 saturated heterocycles. The lowest BCUT2D eigenvalue weighted by atomic mass is 9.90. The molecule has 0 amide bonds. The van der Waals surface area contributed by atoms with Crippen LogP contribution in [0, 0.1) is 0 Å². The highest BCUT2D eigenvalue weighted by Crippen LogP contribution is 2.40. The maximum atomic E-state index is 2.50. The summed E-state index contributed by atoms with van der Waals surface area (Å²) in [6, 6.07) is 60.2. The normalized spacial score (nSPS) is 14.4. The molecule has 2 aliphatic carbocycles. The van der Waals surface area contributed by atoms with E-state index in [1.807, 2.05) is 0 Å². The van der Waals surface area contributed by atoms with Crippen molar-refractivity contribution in [1.82, 2.24) is 9.13 Å². The van der Waals surface area contributed by atoms with E-state index in [2.05, 4.69) is 203 Å². The molecule has 2 heterocycles. The molecule has 11 rings (SSSR count). The number of rotatable bonds is 6. The predicted molar refractivity (Wildman–Crippen MR) is 238 cm³/mol. The van der Waals surface area contributed by atoms with Crippen LogP contribution in [0.15, 0.2) is 205 Å². The zero-order valence-corrected chi connectivity index (χ0v) is 31.2. The van der Waals surface area contributed by atoms with E-state index in [-0.39, 0.29) is 0 Å². The highest BCUT2D eigenvalue weighted by atomic mass is 15.0. The zero-order valence-electron chi connectivity index (χ0n) is 31.2. The fourth-order valence-electron chi connectivity index (χ4n) is 9.24. The summed E-state index contributed by atoms with van der Waals surface area (Å²) in [5.41, 5.74) is 17.9. The van der Waals surface area contributed by atoms with E-state index in [0.29, 0.717) is 0 Å². The number of hydrogen-bond donors (Lipinski definition) is 0. The molecule has 0 spiro atoms. The molecule has 2 nitrogen and oxygen atoms in total. The molecule has 0 fully saturated rings. The molecule has 9 aromatic rings. The van der Waals surface area contributed by atoms with E-state index in [4.69, 9.17) is 0 Å². The van der Waals surface area contributed by atoms with Gasteiger partial charge >= 0.3 is 0 Å². The molecule has 2 aliphatic rings. The van der Waals surface area contributed by atoms with Crippen LogP contribution in [-0.4, -0.2) is 9.13 Å². The zero-order chi connectivity index (χ0) is 37.0. The molecule has 7 aromatic carbocycles. The smallest absolute Gasteiger partial charge is 0.0541 e. The number of nitrogens with zero attached hydrogens (tertiary/aromatic N) is 2. The van der Waals surface area contributed by atoms with Crippen molar-refractivity contribution >= 4 is 49.3 Å². The van der Waals surface area contributed by atoms with Crippen molar-refractivity contribution < 1.29 is 0 Å². The van der Waals surface area contributed by atoms with Gasteiger partial charge in [-0.3, -0.25) is 0 Å². The van der Waals surface area contributed by atoms with Crippen molar-refractivity contribution in [3.63, 3.8) is 0 Å². The minimum atomic E-state index is 1.03. The highest BCUT2D eigenvalue weighted by Gasteiger charge is 2.19. The number of para-hydroxylation sites is 2. The summed E-state index contributed by atoms with van der Waals surface area (Å²) in [4.78, 5) is 0. The predicted octanol–water partition coefficient (Wildman–Crippen LogP) is 14.7. The lowest BCUT2D eigenvalue weighted by molar-refractivity contribution is 0.885. The number of fused-ring (bicyclic) bond motifs is 6. The van der Waals surface area contributed by atoms with Gasteiger partial charge in [-0.2, -0.15) is 0 Å². The van der Waals surface area contributed by atoms with Gasteiger partial charge in [-0.05, 0) is 125 Å². The molecule has 0 unspecified atom stereocenters. The summed E-state index contributed by atoms with van der Waals surface area (Å²) in [6.07, 6.45) is 15.9. The second kappa shape index (κ2) is 13.4. The van der Waals surface area contributed by atoms with E-state index in [1.54, 1.807) is 0 Å². The summed E-state index contributed by atoms with van der Waals surface area (Å²) >= 11 is 0. The van der Waals surface area contributed by atoms with Crippen molar-refractivity contribution in [3.8, 4) is 39.1 Å². The monoisotopic (exact) mass is 716 g/mol. The van der Waals surface area contributed by atoms with Crippen LogP contribution in [-0.2, 0) is 0 Å². The lowest BCUT2D eigenvalue weighted by Gasteiger charge is -2.20. The molecule has 266 valence electrons. The summed E-state index contributed by atoms with van der Waals surface area (Å²) in [5.74, 6) is 0. The van der Waals surface area contributed by atoms with Gasteiger partial charge in [-0.15, -0.1) is 0 Å². The summed E-state index contributed by atoms with van der Waals surface area (Å²) in [5, 5.41) is 5.12. The van der Waals surface area contributed by atoms with Crippen molar-refractivity contribution in [2.24, 2.45) is 0 Å². The van der Waals surface area contributed by atoms with Crippen LogP contribution in [0.1, 0.15) is 25.7 Å². The fraction of sp³-hybridized carbons (Fsp3) is 0.0741. The average molecular weight is 717 g/mol. The largest absolute Gasteiger partial charge is 0.313 e. The van der Waals surface area contributed by atoms with Gasteiger partial charge in [-0.25, -0.2) is 0 Å². The maximum absolute atomic E-state index is 2.50. The fourth-order valence-corrected chi connectivity index (χ4v) is 9.24. The molecule has 56 heavy (non-hydrogen) atoms. The van der Waals surface area contributed by atoms with Gasteiger partial charge in [0.25, 0.3) is 0 Å². The van der Waals surface area contributed by atoms with Crippen LogP contribution in [0.3, 0.4) is 0 Å². The van der Waals surface area contributed by atoms with Gasteiger partial charge in [-0.1, -0.05) is 140 Å². The van der Waals surface area contributed by atoms with Gasteiger partial charge in [0.2, 0.25) is 0 Å². The van der Waals surface area contributed by atoms with Gasteiger partial charge in [0.1, 0.15) is 0 Å². The lowest BCUT2D eigenvalue weighted by Crippen LogP contribution is -2.03. The molecular formula is C54H40N2. The highest BCUT2D eigenvalue weighted by molar-refractivity contribution is 6.13. The number of allylic oxidation sites excluding steroid dienone is 8. The van der Waals surface area contributed by atoms with Crippen molar-refractivity contribution in [2.45, 2.75) is 25.7 Å². The van der Waals surface area contributed by atoms with E-state index in [0.717, 1.165) is 31.4 Å². The molecule has 0 atom stereocenters. The summed E-state index contributed by atoms with van der Waals surface area (Å²) in [6.45, 7) is 0. The Labute approximate surface area is 327 Å². The molecule has 2 aromatic heterocycles. The Morgan fingerprint density at radius 2 is 0.893 bits per heavy atom. The first-order valence-electron chi connectivity index (χ1n) is 19.9. The van der Waals surface area contributed by atoms with Crippen LogP contribution in [0.4, 0.5) is 0 Å². The summed E-state index contributed by atoms with van der Waals surface area (Å²) < 4.78 is 4.91. The second-order valence-corrected chi connectivity index (χ2v) is 15.1. The van der Waals surface area contributed by atoms with Crippen molar-refractivity contribution in [1.29, 1.82) is 0 Å². The van der Waals surface area contributed by atoms with Crippen LogP contribution < -0.4 is 0 Å². The molecule has 2 heteroatoms. The number of hydrogen-bond acceptors (Lipinski definition) is 0. The first-order valence-corrected chi connectivity index (χ1v) is 19.9. The van der Waals surface area contributed by atoms with Crippen LogP contribution in [0.2, 0.25) is 0 Å². The van der Waals surface area contributed by atoms with Crippen molar-refractivity contribution in [3.05, 3.63) is 205 Å². The van der Waals surface area contributed by atoms with Crippen molar-refractivity contribution in [2.75, 3.05) is 0 Å². The van der Waals surface area contributed by atoms with Gasteiger partial charge in [0.05, 0.1) is 22.1 Å². The van der Waals surface area contributed by atoms with Crippen LogP contribution in [0.5, 0.6) is 0 Å². The third-order valence-electron chi connectivity index (χ3n) is 12.0. The molecule has 0 radical (unpaired) electrons. The minimum Gasteiger partial charge on any atom is -0.313 e. The molecule has 0 saturated carbocycles. The Balaban J connectivity index is 0.985. The molecule has 0 aliphatic heterocycles. The topological polar surface area (TPSA) is 9.86 Å². The van der Waals surface area contributed by atoms with E-state index in [1.165, 1.54) is 93.8 Å². The Morgan fingerprint density at radius 3 is 1.52 bits per heavy atom. The minimum absolute atomic E-state index is 1.03. The maximum Gasteiger partial charge on any atom is 0.0541 e. The first-order chi connectivity index (χ1) is 27.8. The Morgan fingerprint density at radius 1 is 0.357 bits per heavy atom. The van der Waals surface area contributed by atoms with E-state index in [9.17, 15) is 0 Å². The Kier molecular flexibility index (Phi) is 7.81. The third-order valence-corrected chi connectivity index (χ3v) is 12.0. The average Bonchev–Trinajstić information content (AvgIpc) is 3.79. The number of benzene rings is 7. The quantitative estimate of drug-likeness (QED) is 0.162. The standard InChI is InChI=1S/C54H40N2/c1-3-13-37(14-4-1)38-23-29-43(30-24-38)55-51-21-11-9-19-47(51)49-35-41(27-33-53(49)55)42-28-34-54-50(36-42)48-20-10-12-22-52(48)56(54)44-31-25-40(26-32-44)46-18-8-7-17-45(46)39-15-5-2-6-16-39/h1-3,5-13,15-23,25-29,31-36H,4,14,24,30H2. The summed E-state index contributed by atoms with van der Waals surface area (Å²) in [7, 11) is 0. The SMILES string of the molecule is C1=CCCC(C2=CC=C(n3c4ccccc4c4cc(-c5ccc6c(c5)c5ccccc5n6-c5ccc(-c6ccccc6-c6ccccc6)cc5)ccc43)CC2)=C1. The molecular weight excluding hydrogens is 677 g/mol. The second-order valence-electron chi connectivity index (χ2n) is 15.1. The van der Waals surface area contributed by atoms with E-state index >= 15 is 0 Å². The van der Waals surface area contributed by atoms with E-state index < -0.39 is 0 Å². The first kappa shape index (κ1) is 32.5. The number of aromatic nitrogens is 2. The molecule has 0 N–H and O–H groups in total.